The highest BCUT2D eigenvalue weighted by molar-refractivity contribution is 5.89. The van der Waals surface area contributed by atoms with Crippen LogP contribution in [0.15, 0.2) is 18.2 Å². The van der Waals surface area contributed by atoms with Gasteiger partial charge in [-0.25, -0.2) is 13.6 Å². The van der Waals surface area contributed by atoms with Crippen molar-refractivity contribution in [2.45, 2.75) is 44.9 Å². The van der Waals surface area contributed by atoms with Crippen molar-refractivity contribution in [3.8, 4) is 0 Å². The maximum absolute atomic E-state index is 13.8. The third kappa shape index (κ3) is 4.46. The molecule has 3 atom stereocenters. The van der Waals surface area contributed by atoms with E-state index in [0.717, 1.165) is 44.6 Å². The Morgan fingerprint density at radius 1 is 1.28 bits per heavy atom. The van der Waals surface area contributed by atoms with Crippen molar-refractivity contribution in [1.82, 2.24) is 9.80 Å². The zero-order valence-corrected chi connectivity index (χ0v) is 14.7. The van der Waals surface area contributed by atoms with Gasteiger partial charge in [-0.3, -0.25) is 4.90 Å². The predicted molar refractivity (Wildman–Crippen MR) is 91.6 cm³/mol. The average Bonchev–Trinajstić information content (AvgIpc) is 2.97. The zero-order chi connectivity index (χ0) is 18.0. The van der Waals surface area contributed by atoms with Gasteiger partial charge in [-0.05, 0) is 38.8 Å². The second-order valence-electron chi connectivity index (χ2n) is 7.02. The summed E-state index contributed by atoms with van der Waals surface area (Å²) in [6.45, 7) is 7.25. The number of morpholine rings is 1. The third-order valence-electron chi connectivity index (χ3n) is 4.77. The Hall–Kier alpha value is -1.73. The number of nitrogens with one attached hydrogen (secondary N) is 1. The molecule has 0 bridgehead atoms. The number of benzene rings is 1. The summed E-state index contributed by atoms with van der Waals surface area (Å²) in [4.78, 5) is 16.6. The molecular weight excluding hydrogens is 328 g/mol. The molecule has 1 aromatic carbocycles. The Morgan fingerprint density at radius 2 is 2.00 bits per heavy atom. The predicted octanol–water partition coefficient (Wildman–Crippen LogP) is 3.07. The highest BCUT2D eigenvalue weighted by Crippen LogP contribution is 2.23. The molecule has 7 heteroatoms. The molecule has 0 aliphatic carbocycles. The van der Waals surface area contributed by atoms with Crippen LogP contribution in [0.2, 0.25) is 0 Å². The van der Waals surface area contributed by atoms with Crippen LogP contribution in [0, 0.1) is 11.6 Å². The van der Waals surface area contributed by atoms with Crippen molar-refractivity contribution in [2.75, 3.05) is 31.5 Å². The molecule has 2 fully saturated rings. The number of hydrogen-bond donors (Lipinski definition) is 1. The number of carbonyl (C=O) groups excluding carboxylic acids is 1. The number of ether oxygens (including phenoxy) is 1. The molecule has 1 aromatic rings. The lowest BCUT2D eigenvalue weighted by Gasteiger charge is -2.38. The molecule has 2 aliphatic heterocycles. The Morgan fingerprint density at radius 3 is 2.68 bits per heavy atom. The zero-order valence-electron chi connectivity index (χ0n) is 14.7. The second kappa shape index (κ2) is 7.66. The van der Waals surface area contributed by atoms with Crippen molar-refractivity contribution < 1.29 is 18.3 Å². The van der Waals surface area contributed by atoms with E-state index in [9.17, 15) is 13.6 Å². The summed E-state index contributed by atoms with van der Waals surface area (Å²) in [6.07, 6.45) is 2.22. The molecule has 0 spiro atoms. The minimum Gasteiger partial charge on any atom is -0.373 e. The topological polar surface area (TPSA) is 44.8 Å². The summed E-state index contributed by atoms with van der Waals surface area (Å²) >= 11 is 0. The van der Waals surface area contributed by atoms with Gasteiger partial charge in [0.2, 0.25) is 0 Å². The van der Waals surface area contributed by atoms with Crippen LogP contribution in [0.4, 0.5) is 19.3 Å². The van der Waals surface area contributed by atoms with Crippen molar-refractivity contribution in [3.05, 3.63) is 29.8 Å². The van der Waals surface area contributed by atoms with Crippen molar-refractivity contribution in [1.29, 1.82) is 0 Å². The molecular formula is C18H25F2N3O2. The Balaban J connectivity index is 1.61. The lowest BCUT2D eigenvalue weighted by Crippen LogP contribution is -2.51. The van der Waals surface area contributed by atoms with Crippen molar-refractivity contribution in [2.24, 2.45) is 0 Å². The number of likely N-dealkylation sites (tertiary alicyclic amines) is 1. The summed E-state index contributed by atoms with van der Waals surface area (Å²) < 4.78 is 32.5. The summed E-state index contributed by atoms with van der Waals surface area (Å²) in [5, 5.41) is 2.57. The number of urea groups is 1. The number of halogens is 2. The van der Waals surface area contributed by atoms with Crippen LogP contribution in [0.5, 0.6) is 0 Å². The summed E-state index contributed by atoms with van der Waals surface area (Å²) in [5.41, 5.74) is 0.00525. The van der Waals surface area contributed by atoms with Gasteiger partial charge in [0, 0.05) is 38.3 Å². The van der Waals surface area contributed by atoms with Crippen LogP contribution >= 0.6 is 0 Å². The number of amides is 2. The summed E-state index contributed by atoms with van der Waals surface area (Å²) in [5.74, 6) is -1.43. The SMILES string of the molecule is C[C@@H]1CN(C[C@@H]2CCCN2C(=O)Nc2ccc(F)cc2F)C[C@H](C)O1. The van der Waals surface area contributed by atoms with Crippen molar-refractivity contribution in [3.63, 3.8) is 0 Å². The van der Waals surface area contributed by atoms with E-state index in [2.05, 4.69) is 24.1 Å². The highest BCUT2D eigenvalue weighted by Gasteiger charge is 2.32. The molecule has 2 amide bonds. The van der Waals surface area contributed by atoms with E-state index < -0.39 is 11.6 Å². The number of rotatable bonds is 3. The lowest BCUT2D eigenvalue weighted by molar-refractivity contribution is -0.0712. The number of nitrogens with zero attached hydrogens (tertiary/aromatic N) is 2. The second-order valence-corrected chi connectivity index (χ2v) is 7.02. The fraction of sp³-hybridized carbons (Fsp3) is 0.611. The van der Waals surface area contributed by atoms with Crippen LogP contribution in [0.1, 0.15) is 26.7 Å². The molecule has 0 unspecified atom stereocenters. The quantitative estimate of drug-likeness (QED) is 0.908. The molecule has 2 heterocycles. The molecule has 138 valence electrons. The van der Waals surface area contributed by atoms with Gasteiger partial charge in [-0.1, -0.05) is 0 Å². The van der Waals surface area contributed by atoms with Gasteiger partial charge in [-0.2, -0.15) is 0 Å². The smallest absolute Gasteiger partial charge is 0.322 e. The molecule has 2 saturated heterocycles. The number of carbonyl (C=O) groups is 1. The van der Waals surface area contributed by atoms with Gasteiger partial charge in [0.25, 0.3) is 0 Å². The molecule has 0 saturated carbocycles. The monoisotopic (exact) mass is 353 g/mol. The summed E-state index contributed by atoms with van der Waals surface area (Å²) in [6, 6.07) is 2.92. The minimum absolute atomic E-state index is 0.00525. The van der Waals surface area contributed by atoms with Crippen LogP contribution in [-0.4, -0.2) is 60.3 Å². The fourth-order valence-corrected chi connectivity index (χ4v) is 3.80. The van der Waals surface area contributed by atoms with Gasteiger partial charge in [0.15, 0.2) is 0 Å². The van der Waals surface area contributed by atoms with Gasteiger partial charge in [0.05, 0.1) is 17.9 Å². The molecule has 0 radical (unpaired) electrons. The van der Waals surface area contributed by atoms with E-state index in [4.69, 9.17) is 4.74 Å². The van der Waals surface area contributed by atoms with E-state index >= 15 is 0 Å². The standard InChI is InChI=1S/C18H25F2N3O2/c1-12-9-22(10-13(2)25-12)11-15-4-3-7-23(15)18(24)21-17-6-5-14(19)8-16(17)20/h5-6,8,12-13,15H,3-4,7,9-11H2,1-2H3,(H,21,24)/t12-,13+,15-/m0/s1. The largest absolute Gasteiger partial charge is 0.373 e. The van der Waals surface area contributed by atoms with E-state index in [-0.39, 0.29) is 30.0 Å². The van der Waals surface area contributed by atoms with E-state index in [1.54, 1.807) is 4.90 Å². The molecule has 1 N–H and O–H groups in total. The van der Waals surface area contributed by atoms with Crippen LogP contribution in [0.3, 0.4) is 0 Å². The molecule has 25 heavy (non-hydrogen) atoms. The van der Waals surface area contributed by atoms with Crippen molar-refractivity contribution >= 4 is 11.7 Å². The Kier molecular flexibility index (Phi) is 5.54. The first-order valence-corrected chi connectivity index (χ1v) is 8.83. The Bertz CT molecular complexity index is 618. The van der Waals surface area contributed by atoms with Crippen LogP contribution < -0.4 is 5.32 Å². The highest BCUT2D eigenvalue weighted by atomic mass is 19.1. The first-order chi connectivity index (χ1) is 11.9. The first kappa shape index (κ1) is 18.1. The van der Waals surface area contributed by atoms with Gasteiger partial charge in [0.1, 0.15) is 11.6 Å². The Labute approximate surface area is 146 Å². The molecule has 3 rings (SSSR count). The summed E-state index contributed by atoms with van der Waals surface area (Å²) in [7, 11) is 0. The first-order valence-electron chi connectivity index (χ1n) is 8.83. The minimum atomic E-state index is -0.764. The van der Waals surface area contributed by atoms with E-state index in [0.29, 0.717) is 6.54 Å². The van der Waals surface area contributed by atoms with Crippen LogP contribution in [0.25, 0.3) is 0 Å². The number of anilines is 1. The molecule has 0 aromatic heterocycles. The number of hydrogen-bond acceptors (Lipinski definition) is 3. The van der Waals surface area contributed by atoms with Crippen LogP contribution in [-0.2, 0) is 4.74 Å². The molecule has 5 nitrogen and oxygen atoms in total. The third-order valence-corrected chi connectivity index (χ3v) is 4.77. The fourth-order valence-electron chi connectivity index (χ4n) is 3.80. The maximum Gasteiger partial charge on any atom is 0.322 e. The lowest BCUT2D eigenvalue weighted by atomic mass is 10.1. The van der Waals surface area contributed by atoms with Gasteiger partial charge in [-0.15, -0.1) is 0 Å². The van der Waals surface area contributed by atoms with E-state index in [1.807, 2.05) is 0 Å². The van der Waals surface area contributed by atoms with Gasteiger partial charge < -0.3 is 15.0 Å². The average molecular weight is 353 g/mol. The normalized spacial score (nSPS) is 27.5. The van der Waals surface area contributed by atoms with E-state index in [1.165, 1.54) is 6.07 Å². The molecule has 2 aliphatic rings. The van der Waals surface area contributed by atoms with Gasteiger partial charge >= 0.3 is 6.03 Å². The maximum atomic E-state index is 13.8.